The van der Waals surface area contributed by atoms with Crippen molar-refractivity contribution in [3.05, 3.63) is 65.2 Å². The fourth-order valence-electron chi connectivity index (χ4n) is 2.64. The lowest BCUT2D eigenvalue weighted by Gasteiger charge is -2.14. The molecule has 0 fully saturated rings. The summed E-state index contributed by atoms with van der Waals surface area (Å²) in [6, 6.07) is 3.64. The number of nitrogens with zero attached hydrogens (tertiary/aromatic N) is 2. The predicted molar refractivity (Wildman–Crippen MR) is 100 cm³/mol. The molecular weight excluding hydrogens is 457 g/mol. The number of amides is 3. The lowest BCUT2D eigenvalue weighted by molar-refractivity contribution is -0.139. The lowest BCUT2D eigenvalue weighted by Crippen LogP contribution is -2.46. The molecule has 3 amide bonds. The first-order valence-electron chi connectivity index (χ1n) is 8.95. The molecule has 3 aromatic rings. The summed E-state index contributed by atoms with van der Waals surface area (Å²) in [7, 11) is 1.30. The number of rotatable bonds is 5. The number of hydrogen-bond acceptors (Lipinski definition) is 6. The van der Waals surface area contributed by atoms with Crippen LogP contribution in [0.2, 0.25) is 0 Å². The van der Waals surface area contributed by atoms with E-state index in [4.69, 9.17) is 4.74 Å². The highest BCUT2D eigenvalue weighted by atomic mass is 19.4. The summed E-state index contributed by atoms with van der Waals surface area (Å²) in [4.78, 5) is 27.3. The van der Waals surface area contributed by atoms with Gasteiger partial charge in [0.1, 0.15) is 11.6 Å². The van der Waals surface area contributed by atoms with Gasteiger partial charge in [-0.15, -0.1) is 0 Å². The first-order chi connectivity index (χ1) is 15.6. The van der Waals surface area contributed by atoms with E-state index in [9.17, 15) is 31.5 Å². The van der Waals surface area contributed by atoms with Crippen molar-refractivity contribution in [2.24, 2.45) is 0 Å². The number of carbonyl (C=O) groups excluding carboxylic acids is 2. The van der Waals surface area contributed by atoms with Crippen molar-refractivity contribution >= 4 is 11.9 Å². The maximum atomic E-state index is 14.4. The van der Waals surface area contributed by atoms with Gasteiger partial charge in [-0.2, -0.15) is 13.2 Å². The molecule has 14 heteroatoms. The number of ether oxygens (including phenoxy) is 1. The zero-order valence-electron chi connectivity index (χ0n) is 16.6. The molecule has 0 saturated heterocycles. The van der Waals surface area contributed by atoms with Crippen LogP contribution in [0.1, 0.15) is 21.8 Å². The fraction of sp³-hybridized carbons (Fsp3) is 0.158. The summed E-state index contributed by atoms with van der Waals surface area (Å²) in [5.41, 5.74) is 1.22. The molecule has 0 atom stereocenters. The van der Waals surface area contributed by atoms with Crippen LogP contribution in [0, 0.1) is 11.6 Å². The number of hydrogen-bond donors (Lipinski definition) is 3. The van der Waals surface area contributed by atoms with Crippen LogP contribution in [-0.4, -0.2) is 29.2 Å². The van der Waals surface area contributed by atoms with Gasteiger partial charge in [-0.05, 0) is 22.9 Å². The normalized spacial score (nSPS) is 11.1. The van der Waals surface area contributed by atoms with E-state index in [2.05, 4.69) is 20.0 Å². The Balaban J connectivity index is 1.63. The summed E-state index contributed by atoms with van der Waals surface area (Å²) in [6.45, 7) is -0.473. The molecule has 0 bridgehead atoms. The minimum Gasteiger partial charge on any atom is -0.479 e. The van der Waals surface area contributed by atoms with Crippen LogP contribution >= 0.6 is 0 Å². The van der Waals surface area contributed by atoms with Gasteiger partial charge in [-0.1, -0.05) is 12.1 Å². The molecule has 3 rings (SSSR count). The summed E-state index contributed by atoms with van der Waals surface area (Å²) in [5.74, 6) is -3.62. The van der Waals surface area contributed by atoms with E-state index in [1.54, 1.807) is 0 Å². The molecule has 33 heavy (non-hydrogen) atoms. The molecule has 2 heterocycles. The van der Waals surface area contributed by atoms with E-state index in [-0.39, 0.29) is 22.9 Å². The number of urea groups is 1. The zero-order valence-corrected chi connectivity index (χ0v) is 16.6. The van der Waals surface area contributed by atoms with E-state index >= 15 is 0 Å². The van der Waals surface area contributed by atoms with Crippen LogP contribution < -0.4 is 20.9 Å². The molecule has 2 aromatic heterocycles. The van der Waals surface area contributed by atoms with Crippen molar-refractivity contribution in [3.8, 4) is 17.0 Å². The van der Waals surface area contributed by atoms with E-state index in [0.29, 0.717) is 6.07 Å². The number of nitrogens with one attached hydrogen (secondary N) is 3. The second-order valence-electron chi connectivity index (χ2n) is 6.31. The number of carbonyl (C=O) groups is 2. The average molecular weight is 471 g/mol. The van der Waals surface area contributed by atoms with E-state index in [0.717, 1.165) is 24.4 Å². The van der Waals surface area contributed by atoms with E-state index < -0.39 is 47.4 Å². The van der Waals surface area contributed by atoms with E-state index in [1.807, 2.05) is 10.9 Å². The third kappa shape index (κ3) is 5.53. The molecule has 0 radical (unpaired) electrons. The Labute approximate surface area is 181 Å². The minimum absolute atomic E-state index is 0.0372. The standard InChI is InChI=1S/C19H14F5N5O4/c1-32-15-6-14(33-29-15)17(30)27-28-18(31)26-8-13-12(21)5-9(7-25-13)10-3-2-4-11(20)16(10)19(22,23)24/h2-7H,8H2,1H3,(H,27,30)(H2,26,28,31). The number of pyridine rings is 1. The van der Waals surface area contributed by atoms with Crippen LogP contribution in [0.25, 0.3) is 11.1 Å². The third-order valence-electron chi connectivity index (χ3n) is 4.15. The van der Waals surface area contributed by atoms with Gasteiger partial charge in [-0.25, -0.2) is 19.0 Å². The second-order valence-corrected chi connectivity index (χ2v) is 6.31. The van der Waals surface area contributed by atoms with Crippen molar-refractivity contribution < 1.29 is 40.8 Å². The van der Waals surface area contributed by atoms with Crippen LogP contribution in [0.15, 0.2) is 41.1 Å². The number of benzene rings is 1. The van der Waals surface area contributed by atoms with Crippen molar-refractivity contribution in [1.29, 1.82) is 0 Å². The monoisotopic (exact) mass is 471 g/mol. The topological polar surface area (TPSA) is 118 Å². The van der Waals surface area contributed by atoms with Gasteiger partial charge in [0.2, 0.25) is 5.76 Å². The Morgan fingerprint density at radius 2 is 1.88 bits per heavy atom. The van der Waals surface area contributed by atoms with Crippen molar-refractivity contribution in [2.75, 3.05) is 7.11 Å². The Kier molecular flexibility index (Phi) is 6.75. The lowest BCUT2D eigenvalue weighted by atomic mass is 10.00. The molecule has 0 aliphatic carbocycles. The molecule has 0 saturated carbocycles. The van der Waals surface area contributed by atoms with Crippen LogP contribution in [0.3, 0.4) is 0 Å². The maximum absolute atomic E-state index is 14.4. The maximum Gasteiger partial charge on any atom is 0.419 e. The second kappa shape index (κ2) is 9.50. The predicted octanol–water partition coefficient (Wildman–Crippen LogP) is 3.19. The SMILES string of the molecule is COc1cc(C(=O)NNC(=O)NCc2ncc(-c3cccc(F)c3C(F)(F)F)cc2F)on1. The highest BCUT2D eigenvalue weighted by Crippen LogP contribution is 2.38. The van der Waals surface area contributed by atoms with E-state index in [1.165, 1.54) is 13.2 Å². The molecule has 3 N–H and O–H groups in total. The Hall–Kier alpha value is -4.23. The van der Waals surface area contributed by atoms with Gasteiger partial charge in [0.25, 0.3) is 5.88 Å². The quantitative estimate of drug-likeness (QED) is 0.389. The Morgan fingerprint density at radius 1 is 1.12 bits per heavy atom. The first kappa shape index (κ1) is 23.4. The van der Waals surface area contributed by atoms with Gasteiger partial charge < -0.3 is 14.6 Å². The summed E-state index contributed by atoms with van der Waals surface area (Å²) < 4.78 is 77.1. The van der Waals surface area contributed by atoms with Crippen molar-refractivity contribution in [3.63, 3.8) is 0 Å². The van der Waals surface area contributed by atoms with Gasteiger partial charge >= 0.3 is 18.1 Å². The highest BCUT2D eigenvalue weighted by molar-refractivity contribution is 5.92. The highest BCUT2D eigenvalue weighted by Gasteiger charge is 2.37. The van der Waals surface area contributed by atoms with Crippen LogP contribution in [0.5, 0.6) is 5.88 Å². The van der Waals surface area contributed by atoms with Crippen molar-refractivity contribution in [1.82, 2.24) is 26.3 Å². The Morgan fingerprint density at radius 3 is 2.52 bits per heavy atom. The van der Waals surface area contributed by atoms with Crippen LogP contribution in [-0.2, 0) is 12.7 Å². The molecule has 0 spiro atoms. The summed E-state index contributed by atoms with van der Waals surface area (Å²) in [5, 5.41) is 5.59. The zero-order chi connectivity index (χ0) is 24.2. The third-order valence-corrected chi connectivity index (χ3v) is 4.15. The van der Waals surface area contributed by atoms with Gasteiger partial charge in [0.15, 0.2) is 0 Å². The molecular formula is C19H14F5N5O4. The molecule has 0 aliphatic heterocycles. The molecule has 174 valence electrons. The fourth-order valence-corrected chi connectivity index (χ4v) is 2.64. The largest absolute Gasteiger partial charge is 0.479 e. The summed E-state index contributed by atoms with van der Waals surface area (Å²) >= 11 is 0. The number of hydrazine groups is 1. The molecule has 0 unspecified atom stereocenters. The molecule has 1 aromatic carbocycles. The molecule has 9 nitrogen and oxygen atoms in total. The number of aromatic nitrogens is 2. The molecule has 0 aliphatic rings. The number of methoxy groups -OCH3 is 1. The number of alkyl halides is 3. The Bertz CT molecular complexity index is 1180. The van der Waals surface area contributed by atoms with Gasteiger partial charge in [0.05, 0.1) is 31.0 Å². The summed E-state index contributed by atoms with van der Waals surface area (Å²) in [6.07, 6.45) is -4.09. The smallest absolute Gasteiger partial charge is 0.419 e. The minimum atomic E-state index is -5.00. The number of halogens is 5. The van der Waals surface area contributed by atoms with Crippen molar-refractivity contribution in [2.45, 2.75) is 12.7 Å². The first-order valence-corrected chi connectivity index (χ1v) is 8.95. The van der Waals surface area contributed by atoms with Gasteiger partial charge in [0, 0.05) is 11.8 Å². The average Bonchev–Trinajstić information content (AvgIpc) is 3.25. The van der Waals surface area contributed by atoms with Gasteiger partial charge in [-0.3, -0.25) is 15.2 Å². The van der Waals surface area contributed by atoms with Crippen LogP contribution in [0.4, 0.5) is 26.7 Å².